The van der Waals surface area contributed by atoms with Gasteiger partial charge in [0, 0.05) is 0 Å². The predicted molar refractivity (Wildman–Crippen MR) is 52.7 cm³/mol. The van der Waals surface area contributed by atoms with Gasteiger partial charge in [-0.25, -0.2) is 0 Å². The molecule has 0 saturated carbocycles. The van der Waals surface area contributed by atoms with Crippen molar-refractivity contribution in [2.24, 2.45) is 5.92 Å². The van der Waals surface area contributed by atoms with E-state index in [-0.39, 0.29) is 29.1 Å². The highest BCUT2D eigenvalue weighted by Crippen LogP contribution is 2.23. The molecule has 0 aromatic carbocycles. The summed E-state index contributed by atoms with van der Waals surface area (Å²) < 4.78 is 0. The first-order valence-electron chi connectivity index (χ1n) is 4.87. The van der Waals surface area contributed by atoms with E-state index in [9.17, 15) is 15.0 Å². The maximum atomic E-state index is 11.7. The molecule has 1 rings (SSSR count). The van der Waals surface area contributed by atoms with Gasteiger partial charge in [-0.2, -0.15) is 0 Å². The van der Waals surface area contributed by atoms with Crippen LogP contribution in [0.15, 0.2) is 11.3 Å². The van der Waals surface area contributed by atoms with Crippen molar-refractivity contribution in [2.45, 2.75) is 39.5 Å². The highest BCUT2D eigenvalue weighted by Gasteiger charge is 2.39. The van der Waals surface area contributed by atoms with Crippen molar-refractivity contribution in [1.82, 2.24) is 5.32 Å². The number of carbonyl (C=O) groups excluding carboxylic acids is 1. The molecular formula is C10H17NO3. The summed E-state index contributed by atoms with van der Waals surface area (Å²) in [5.41, 5.74) is 0.107. The molecule has 0 amide bonds. The zero-order valence-corrected chi connectivity index (χ0v) is 8.74. The fourth-order valence-corrected chi connectivity index (χ4v) is 1.67. The predicted octanol–water partition coefficient (Wildman–Crippen LogP) is 0.724. The molecule has 0 aromatic rings. The van der Waals surface area contributed by atoms with E-state index in [1.54, 1.807) is 0 Å². The van der Waals surface area contributed by atoms with Crippen LogP contribution in [0.3, 0.4) is 0 Å². The standard InChI is InChI=1S/C10H17NO3/c1-4-5(2)8-9(13)7(6(3)12)10(14)11-8/h5,8,10-12,14H,4H2,1-3H3/t5-,8-,10?/m0/s1. The fraction of sp³-hybridized carbons (Fsp3) is 0.700. The van der Waals surface area contributed by atoms with Crippen LogP contribution in [0, 0.1) is 5.92 Å². The third-order valence-corrected chi connectivity index (χ3v) is 2.76. The third kappa shape index (κ3) is 1.81. The van der Waals surface area contributed by atoms with Crippen LogP contribution in [0.25, 0.3) is 0 Å². The van der Waals surface area contributed by atoms with E-state index >= 15 is 0 Å². The summed E-state index contributed by atoms with van der Waals surface area (Å²) in [6.07, 6.45) is -0.167. The lowest BCUT2D eigenvalue weighted by atomic mass is 9.95. The Balaban J connectivity index is 2.91. The lowest BCUT2D eigenvalue weighted by molar-refractivity contribution is -0.117. The summed E-state index contributed by atoms with van der Waals surface area (Å²) in [6, 6.07) is -0.368. The fourth-order valence-electron chi connectivity index (χ4n) is 1.67. The van der Waals surface area contributed by atoms with E-state index in [0.29, 0.717) is 0 Å². The van der Waals surface area contributed by atoms with Crippen LogP contribution in [-0.4, -0.2) is 28.3 Å². The quantitative estimate of drug-likeness (QED) is 0.453. The largest absolute Gasteiger partial charge is 0.512 e. The maximum absolute atomic E-state index is 11.7. The van der Waals surface area contributed by atoms with Crippen LogP contribution >= 0.6 is 0 Å². The molecule has 0 aliphatic carbocycles. The van der Waals surface area contributed by atoms with Crippen molar-refractivity contribution in [3.05, 3.63) is 11.3 Å². The Hall–Kier alpha value is -0.870. The zero-order valence-electron chi connectivity index (χ0n) is 8.74. The molecular weight excluding hydrogens is 182 g/mol. The van der Waals surface area contributed by atoms with E-state index in [1.165, 1.54) is 6.92 Å². The summed E-state index contributed by atoms with van der Waals surface area (Å²) in [7, 11) is 0. The molecule has 1 fully saturated rings. The van der Waals surface area contributed by atoms with Gasteiger partial charge in [0.1, 0.15) is 6.23 Å². The highest BCUT2D eigenvalue weighted by atomic mass is 16.3. The first-order valence-corrected chi connectivity index (χ1v) is 4.87. The van der Waals surface area contributed by atoms with Crippen molar-refractivity contribution >= 4 is 5.78 Å². The molecule has 0 bridgehead atoms. The summed E-state index contributed by atoms with van der Waals surface area (Å²) >= 11 is 0. The van der Waals surface area contributed by atoms with Crippen molar-refractivity contribution < 1.29 is 15.0 Å². The van der Waals surface area contributed by atoms with Crippen molar-refractivity contribution in [3.63, 3.8) is 0 Å². The van der Waals surface area contributed by atoms with Gasteiger partial charge in [0.2, 0.25) is 0 Å². The number of hydrogen-bond donors (Lipinski definition) is 3. The SMILES string of the molecule is CC[C@H](C)[C@@H]1NC(O)C(=C(C)O)C1=O. The van der Waals surface area contributed by atoms with Crippen molar-refractivity contribution in [3.8, 4) is 0 Å². The van der Waals surface area contributed by atoms with Crippen molar-refractivity contribution in [1.29, 1.82) is 0 Å². The topological polar surface area (TPSA) is 69.6 Å². The molecule has 3 atom stereocenters. The van der Waals surface area contributed by atoms with E-state index < -0.39 is 6.23 Å². The summed E-state index contributed by atoms with van der Waals surface area (Å²) in [4.78, 5) is 11.7. The number of aliphatic hydroxyl groups excluding tert-OH is 2. The normalized spacial score (nSPS) is 33.3. The lowest BCUT2D eigenvalue weighted by Gasteiger charge is -2.15. The molecule has 0 aromatic heterocycles. The first kappa shape index (κ1) is 11.2. The second kappa shape index (κ2) is 4.11. The van der Waals surface area contributed by atoms with E-state index in [2.05, 4.69) is 5.32 Å². The Kier molecular flexibility index (Phi) is 3.29. The number of rotatable bonds is 2. The van der Waals surface area contributed by atoms with Gasteiger partial charge >= 0.3 is 0 Å². The van der Waals surface area contributed by atoms with Crippen LogP contribution in [0.5, 0.6) is 0 Å². The van der Waals surface area contributed by atoms with Crippen LogP contribution < -0.4 is 5.32 Å². The minimum atomic E-state index is -1.02. The Labute approximate surface area is 83.6 Å². The molecule has 1 aliphatic rings. The minimum absolute atomic E-state index is 0.0965. The number of Topliss-reactive ketones (excluding diaryl/α,β-unsaturated/α-hetero) is 1. The van der Waals surface area contributed by atoms with Gasteiger partial charge in [-0.15, -0.1) is 0 Å². The van der Waals surface area contributed by atoms with Crippen LogP contribution in [0.4, 0.5) is 0 Å². The summed E-state index contributed by atoms with van der Waals surface area (Å²) in [5, 5.41) is 21.5. The molecule has 1 saturated heterocycles. The summed E-state index contributed by atoms with van der Waals surface area (Å²) in [5.74, 6) is -0.123. The zero-order chi connectivity index (χ0) is 10.9. The molecule has 3 N–H and O–H groups in total. The van der Waals surface area contributed by atoms with Crippen molar-refractivity contribution in [2.75, 3.05) is 0 Å². The molecule has 1 unspecified atom stereocenters. The highest BCUT2D eigenvalue weighted by molar-refractivity contribution is 6.03. The summed E-state index contributed by atoms with van der Waals surface area (Å²) in [6.45, 7) is 5.34. The maximum Gasteiger partial charge on any atom is 0.183 e. The Morgan fingerprint density at radius 3 is 2.57 bits per heavy atom. The van der Waals surface area contributed by atoms with Gasteiger partial charge in [-0.3, -0.25) is 10.1 Å². The third-order valence-electron chi connectivity index (χ3n) is 2.76. The van der Waals surface area contributed by atoms with E-state index in [0.717, 1.165) is 6.42 Å². The molecule has 1 heterocycles. The van der Waals surface area contributed by atoms with Gasteiger partial charge in [-0.05, 0) is 12.8 Å². The van der Waals surface area contributed by atoms with Crippen LogP contribution in [0.1, 0.15) is 27.2 Å². The van der Waals surface area contributed by atoms with Gasteiger partial charge in [0.25, 0.3) is 0 Å². The average Bonchev–Trinajstić information content (AvgIpc) is 2.40. The van der Waals surface area contributed by atoms with Gasteiger partial charge in [-0.1, -0.05) is 20.3 Å². The molecule has 80 valence electrons. The average molecular weight is 199 g/mol. The van der Waals surface area contributed by atoms with E-state index in [1.807, 2.05) is 13.8 Å². The smallest absolute Gasteiger partial charge is 0.183 e. The Morgan fingerprint density at radius 1 is 1.64 bits per heavy atom. The molecule has 4 heteroatoms. The monoisotopic (exact) mass is 199 g/mol. The molecule has 0 spiro atoms. The number of carbonyl (C=O) groups is 1. The molecule has 4 nitrogen and oxygen atoms in total. The number of aliphatic hydroxyl groups is 2. The molecule has 0 radical (unpaired) electrons. The number of hydrogen-bond acceptors (Lipinski definition) is 4. The number of ketones is 1. The Bertz CT molecular complexity index is 269. The molecule has 14 heavy (non-hydrogen) atoms. The van der Waals surface area contributed by atoms with Gasteiger partial charge in [0.15, 0.2) is 5.78 Å². The second-order valence-electron chi connectivity index (χ2n) is 3.80. The Morgan fingerprint density at radius 2 is 2.21 bits per heavy atom. The van der Waals surface area contributed by atoms with Gasteiger partial charge in [0.05, 0.1) is 17.4 Å². The van der Waals surface area contributed by atoms with Gasteiger partial charge < -0.3 is 10.2 Å². The van der Waals surface area contributed by atoms with Crippen LogP contribution in [0.2, 0.25) is 0 Å². The lowest BCUT2D eigenvalue weighted by Crippen LogP contribution is -2.36. The molecule has 1 aliphatic heterocycles. The van der Waals surface area contributed by atoms with Crippen LogP contribution in [-0.2, 0) is 4.79 Å². The number of allylic oxidation sites excluding steroid dienone is 1. The minimum Gasteiger partial charge on any atom is -0.512 e. The second-order valence-corrected chi connectivity index (χ2v) is 3.80. The van der Waals surface area contributed by atoms with E-state index in [4.69, 9.17) is 0 Å². The number of nitrogens with one attached hydrogen (secondary N) is 1. The first-order chi connectivity index (χ1) is 6.49.